The first-order chi connectivity index (χ1) is 14.7. The molecule has 0 bridgehead atoms. The standard InChI is InChI=1S/C21H27N7O2/c1-14-12-15(13-23-19(14)27-6-10-30-11-7-27)17-2-3-18-25-21(22)26-28(18)20(17)24-16-4-8-29-9-5-16/h2-3,12-13,16,24H,4-11H2,1H3,(H2,22,26). The summed E-state index contributed by atoms with van der Waals surface area (Å²) in [7, 11) is 0. The number of nitrogens with two attached hydrogens (primary N) is 1. The number of nitrogens with one attached hydrogen (secondary N) is 1. The highest BCUT2D eigenvalue weighted by Gasteiger charge is 2.20. The molecule has 5 rings (SSSR count). The van der Waals surface area contributed by atoms with E-state index in [9.17, 15) is 0 Å². The summed E-state index contributed by atoms with van der Waals surface area (Å²) in [6.07, 6.45) is 3.84. The number of pyridine rings is 2. The number of hydrogen-bond donors (Lipinski definition) is 2. The van der Waals surface area contributed by atoms with Crippen molar-refractivity contribution in [2.75, 3.05) is 55.5 Å². The number of anilines is 3. The van der Waals surface area contributed by atoms with Gasteiger partial charge >= 0.3 is 0 Å². The van der Waals surface area contributed by atoms with Gasteiger partial charge in [-0.3, -0.25) is 0 Å². The molecule has 30 heavy (non-hydrogen) atoms. The van der Waals surface area contributed by atoms with Gasteiger partial charge in [0.1, 0.15) is 11.6 Å². The van der Waals surface area contributed by atoms with Crippen LogP contribution >= 0.6 is 0 Å². The lowest BCUT2D eigenvalue weighted by Crippen LogP contribution is -2.37. The summed E-state index contributed by atoms with van der Waals surface area (Å²) < 4.78 is 12.8. The first kappa shape index (κ1) is 19.1. The average Bonchev–Trinajstić information content (AvgIpc) is 3.16. The number of morpholine rings is 1. The van der Waals surface area contributed by atoms with Crippen LogP contribution in [0.15, 0.2) is 24.4 Å². The second-order valence-corrected chi connectivity index (χ2v) is 7.83. The highest BCUT2D eigenvalue weighted by atomic mass is 16.5. The second-order valence-electron chi connectivity index (χ2n) is 7.83. The topological polar surface area (TPSA) is 103 Å². The third-order valence-electron chi connectivity index (χ3n) is 5.75. The highest BCUT2D eigenvalue weighted by Crippen LogP contribution is 2.32. The summed E-state index contributed by atoms with van der Waals surface area (Å²) in [4.78, 5) is 11.4. The maximum Gasteiger partial charge on any atom is 0.240 e. The molecule has 0 amide bonds. The van der Waals surface area contributed by atoms with E-state index in [2.05, 4.69) is 39.4 Å². The molecular formula is C21H27N7O2. The molecule has 2 saturated heterocycles. The SMILES string of the molecule is Cc1cc(-c2ccc3nc(N)nn3c2NC2CCOCC2)cnc1N1CCOCC1. The van der Waals surface area contributed by atoms with Crippen molar-refractivity contribution in [2.45, 2.75) is 25.8 Å². The van der Waals surface area contributed by atoms with E-state index < -0.39 is 0 Å². The average molecular weight is 409 g/mol. The van der Waals surface area contributed by atoms with Gasteiger partial charge < -0.3 is 25.4 Å². The van der Waals surface area contributed by atoms with Crippen molar-refractivity contribution in [3.63, 3.8) is 0 Å². The minimum absolute atomic E-state index is 0.263. The molecule has 9 nitrogen and oxygen atoms in total. The van der Waals surface area contributed by atoms with E-state index in [0.717, 1.165) is 86.3 Å². The molecule has 2 aliphatic heterocycles. The van der Waals surface area contributed by atoms with E-state index in [4.69, 9.17) is 20.2 Å². The van der Waals surface area contributed by atoms with Gasteiger partial charge in [-0.2, -0.15) is 9.50 Å². The van der Waals surface area contributed by atoms with Crippen LogP contribution in [0.3, 0.4) is 0 Å². The van der Waals surface area contributed by atoms with Gasteiger partial charge in [0, 0.05) is 49.7 Å². The van der Waals surface area contributed by atoms with E-state index in [1.54, 1.807) is 4.52 Å². The fourth-order valence-corrected chi connectivity index (χ4v) is 4.19. The van der Waals surface area contributed by atoms with E-state index in [0.29, 0.717) is 6.04 Å². The second kappa shape index (κ2) is 8.08. The zero-order valence-electron chi connectivity index (χ0n) is 17.2. The zero-order valence-corrected chi connectivity index (χ0v) is 17.2. The summed E-state index contributed by atoms with van der Waals surface area (Å²) >= 11 is 0. The number of nitrogen functional groups attached to an aromatic ring is 1. The van der Waals surface area contributed by atoms with Crippen LogP contribution in [-0.2, 0) is 9.47 Å². The van der Waals surface area contributed by atoms with Gasteiger partial charge in [-0.1, -0.05) is 0 Å². The lowest BCUT2D eigenvalue weighted by molar-refractivity contribution is 0.0903. The first-order valence-electron chi connectivity index (χ1n) is 10.5. The van der Waals surface area contributed by atoms with Crippen molar-refractivity contribution in [2.24, 2.45) is 0 Å². The Morgan fingerprint density at radius 2 is 1.87 bits per heavy atom. The quantitative estimate of drug-likeness (QED) is 0.675. The smallest absolute Gasteiger partial charge is 0.240 e. The minimum atomic E-state index is 0.263. The van der Waals surface area contributed by atoms with Crippen LogP contribution in [0, 0.1) is 6.92 Å². The molecule has 0 radical (unpaired) electrons. The number of rotatable bonds is 4. The van der Waals surface area contributed by atoms with E-state index >= 15 is 0 Å². The normalized spacial score (nSPS) is 18.1. The Hall–Kier alpha value is -2.91. The van der Waals surface area contributed by atoms with Gasteiger partial charge in [0.05, 0.1) is 13.2 Å². The van der Waals surface area contributed by atoms with Crippen LogP contribution in [0.4, 0.5) is 17.6 Å². The fraction of sp³-hybridized carbons (Fsp3) is 0.476. The van der Waals surface area contributed by atoms with Crippen LogP contribution in [0.25, 0.3) is 16.8 Å². The minimum Gasteiger partial charge on any atom is -0.381 e. The Morgan fingerprint density at radius 1 is 1.10 bits per heavy atom. The van der Waals surface area contributed by atoms with Crippen molar-refractivity contribution >= 4 is 23.2 Å². The van der Waals surface area contributed by atoms with Crippen molar-refractivity contribution < 1.29 is 9.47 Å². The molecule has 0 saturated carbocycles. The maximum atomic E-state index is 5.89. The monoisotopic (exact) mass is 409 g/mol. The largest absolute Gasteiger partial charge is 0.381 e. The van der Waals surface area contributed by atoms with E-state index in [-0.39, 0.29) is 5.95 Å². The summed E-state index contributed by atoms with van der Waals surface area (Å²) in [5.41, 5.74) is 9.82. The van der Waals surface area contributed by atoms with Crippen molar-refractivity contribution in [1.29, 1.82) is 0 Å². The van der Waals surface area contributed by atoms with Crippen LogP contribution in [0.2, 0.25) is 0 Å². The number of fused-ring (bicyclic) bond motifs is 1. The van der Waals surface area contributed by atoms with E-state index in [1.165, 1.54) is 0 Å². The number of aromatic nitrogens is 4. The molecular weight excluding hydrogens is 382 g/mol. The molecule has 2 fully saturated rings. The van der Waals surface area contributed by atoms with Crippen molar-refractivity contribution in [3.05, 3.63) is 30.0 Å². The molecule has 3 N–H and O–H groups in total. The molecule has 0 spiro atoms. The Morgan fingerprint density at radius 3 is 2.63 bits per heavy atom. The molecule has 0 aromatic carbocycles. The third kappa shape index (κ3) is 3.66. The lowest BCUT2D eigenvalue weighted by Gasteiger charge is -2.29. The number of nitrogens with zero attached hydrogens (tertiary/aromatic N) is 5. The van der Waals surface area contributed by atoms with Gasteiger partial charge in [0.25, 0.3) is 0 Å². The van der Waals surface area contributed by atoms with Crippen molar-refractivity contribution in [3.8, 4) is 11.1 Å². The summed E-state index contributed by atoms with van der Waals surface area (Å²) in [6, 6.07) is 6.51. The predicted octanol–water partition coefficient (Wildman–Crippen LogP) is 2.11. The van der Waals surface area contributed by atoms with E-state index in [1.807, 2.05) is 12.3 Å². The third-order valence-corrected chi connectivity index (χ3v) is 5.75. The Kier molecular flexibility index (Phi) is 5.14. The van der Waals surface area contributed by atoms with Gasteiger partial charge in [-0.15, -0.1) is 5.10 Å². The lowest BCUT2D eigenvalue weighted by atomic mass is 10.0. The first-order valence-corrected chi connectivity index (χ1v) is 10.5. The number of ether oxygens (including phenoxy) is 2. The van der Waals surface area contributed by atoms with Gasteiger partial charge in [0.15, 0.2) is 5.65 Å². The summed E-state index contributed by atoms with van der Waals surface area (Å²) in [5, 5.41) is 8.10. The maximum absolute atomic E-state index is 5.89. The Balaban J connectivity index is 1.54. The van der Waals surface area contributed by atoms with Crippen molar-refractivity contribution in [1.82, 2.24) is 19.6 Å². The zero-order chi connectivity index (χ0) is 20.5. The molecule has 0 atom stereocenters. The molecule has 3 aromatic rings. The van der Waals surface area contributed by atoms with Crippen LogP contribution in [-0.4, -0.2) is 65.1 Å². The summed E-state index contributed by atoms with van der Waals surface area (Å²) in [5.74, 6) is 2.18. The molecule has 2 aliphatic rings. The molecule has 0 unspecified atom stereocenters. The number of hydrogen-bond acceptors (Lipinski definition) is 8. The molecule has 9 heteroatoms. The van der Waals surface area contributed by atoms with Crippen LogP contribution in [0.5, 0.6) is 0 Å². The Bertz CT molecular complexity index is 1040. The molecule has 5 heterocycles. The van der Waals surface area contributed by atoms with Gasteiger partial charge in [0.2, 0.25) is 5.95 Å². The highest BCUT2D eigenvalue weighted by molar-refractivity contribution is 5.78. The van der Waals surface area contributed by atoms with Crippen LogP contribution in [0.1, 0.15) is 18.4 Å². The van der Waals surface area contributed by atoms with Gasteiger partial charge in [-0.25, -0.2) is 4.98 Å². The molecule has 158 valence electrons. The predicted molar refractivity (Wildman–Crippen MR) is 116 cm³/mol. The fourth-order valence-electron chi connectivity index (χ4n) is 4.19. The molecule has 0 aliphatic carbocycles. The molecule has 3 aromatic heterocycles. The van der Waals surface area contributed by atoms with Gasteiger partial charge in [-0.05, 0) is 43.5 Å². The summed E-state index contributed by atoms with van der Waals surface area (Å²) in [6.45, 7) is 6.86. The Labute approximate surface area is 175 Å². The number of aryl methyl sites for hydroxylation is 1. The van der Waals surface area contributed by atoms with Crippen LogP contribution < -0.4 is 16.0 Å².